The molecule has 0 radical (unpaired) electrons. The van der Waals surface area contributed by atoms with Gasteiger partial charge in [0.1, 0.15) is 5.65 Å². The summed E-state index contributed by atoms with van der Waals surface area (Å²) in [6.07, 6.45) is 2.56. The zero-order chi connectivity index (χ0) is 30.0. The summed E-state index contributed by atoms with van der Waals surface area (Å²) in [4.78, 5) is 38.0. The molecule has 0 atom stereocenters. The van der Waals surface area contributed by atoms with Crippen LogP contribution in [0.4, 0.5) is 11.4 Å². The van der Waals surface area contributed by atoms with Crippen LogP contribution in [0.25, 0.3) is 33.4 Å². The number of anilines is 2. The van der Waals surface area contributed by atoms with Crippen molar-refractivity contribution in [2.75, 3.05) is 36.4 Å². The number of esters is 1. The Morgan fingerprint density at radius 3 is 2.33 bits per heavy atom. The Hall–Kier alpha value is -4.43. The fourth-order valence-electron chi connectivity index (χ4n) is 5.41. The summed E-state index contributed by atoms with van der Waals surface area (Å²) in [6, 6.07) is 16.9. The number of carbonyl (C=O) groups excluding carboxylic acids is 2. The first-order chi connectivity index (χ1) is 20.1. The molecule has 2 N–H and O–H groups in total. The Balaban J connectivity index is 1.58. The number of nitrogens with one attached hydrogen (secondary N) is 2. The second-order valence-corrected chi connectivity index (χ2v) is 11.3. The molecular formula is C34H39N5O3. The molecule has 0 aliphatic carbocycles. The average molecular weight is 566 g/mol. The maximum Gasteiger partial charge on any atom is 0.339 e. The molecule has 1 saturated heterocycles. The molecule has 1 amide bonds. The molecule has 2 aromatic heterocycles. The number of rotatable bonds is 8. The number of aryl methyl sites for hydroxylation is 1. The van der Waals surface area contributed by atoms with Crippen LogP contribution < -0.4 is 10.2 Å². The molecule has 4 aromatic rings. The van der Waals surface area contributed by atoms with Crippen molar-refractivity contribution in [3.63, 3.8) is 0 Å². The van der Waals surface area contributed by atoms with E-state index >= 15 is 0 Å². The summed E-state index contributed by atoms with van der Waals surface area (Å²) in [6.45, 7) is 17.8. The van der Waals surface area contributed by atoms with Gasteiger partial charge >= 0.3 is 5.97 Å². The van der Waals surface area contributed by atoms with Crippen molar-refractivity contribution in [1.82, 2.24) is 14.9 Å². The number of hydrogen-bond donors (Lipinski definition) is 2. The van der Waals surface area contributed by atoms with Gasteiger partial charge in [-0.2, -0.15) is 0 Å². The van der Waals surface area contributed by atoms with Crippen LogP contribution in [0, 0.1) is 6.92 Å². The molecule has 0 spiro atoms. The van der Waals surface area contributed by atoms with E-state index < -0.39 is 5.97 Å². The number of nitrogens with zero attached hydrogens (tertiary/aromatic N) is 3. The summed E-state index contributed by atoms with van der Waals surface area (Å²) in [7, 11) is 0. The number of pyridine rings is 1. The highest BCUT2D eigenvalue weighted by molar-refractivity contribution is 6.06. The van der Waals surface area contributed by atoms with Crippen LogP contribution >= 0.6 is 0 Å². The van der Waals surface area contributed by atoms with E-state index in [0.29, 0.717) is 22.9 Å². The van der Waals surface area contributed by atoms with E-state index in [1.165, 1.54) is 11.8 Å². The van der Waals surface area contributed by atoms with Crippen molar-refractivity contribution in [2.24, 2.45) is 0 Å². The number of aromatic amines is 1. The zero-order valence-electron chi connectivity index (χ0n) is 25.0. The number of amides is 1. The van der Waals surface area contributed by atoms with Crippen LogP contribution in [0.3, 0.4) is 0 Å². The minimum atomic E-state index is -0.419. The second-order valence-electron chi connectivity index (χ2n) is 11.3. The van der Waals surface area contributed by atoms with E-state index in [1.807, 2.05) is 45.0 Å². The van der Waals surface area contributed by atoms with Gasteiger partial charge in [-0.1, -0.05) is 30.8 Å². The van der Waals surface area contributed by atoms with Gasteiger partial charge in [0.05, 0.1) is 17.4 Å². The third kappa shape index (κ3) is 6.09. The van der Waals surface area contributed by atoms with Gasteiger partial charge in [0.25, 0.3) is 0 Å². The van der Waals surface area contributed by atoms with E-state index in [9.17, 15) is 9.59 Å². The van der Waals surface area contributed by atoms with Gasteiger partial charge in [-0.25, -0.2) is 9.78 Å². The topological polar surface area (TPSA) is 90.6 Å². The van der Waals surface area contributed by atoms with Crippen molar-refractivity contribution < 1.29 is 14.3 Å². The smallest absolute Gasteiger partial charge is 0.339 e. The molecule has 1 aliphatic rings. The minimum absolute atomic E-state index is 0.241. The van der Waals surface area contributed by atoms with Crippen LogP contribution in [-0.2, 0) is 9.53 Å². The zero-order valence-corrected chi connectivity index (χ0v) is 25.0. The molecule has 1 aliphatic heterocycles. The van der Waals surface area contributed by atoms with Gasteiger partial charge < -0.3 is 19.9 Å². The van der Waals surface area contributed by atoms with E-state index in [1.54, 1.807) is 6.20 Å². The molecule has 0 bridgehead atoms. The molecule has 3 heterocycles. The van der Waals surface area contributed by atoms with E-state index in [-0.39, 0.29) is 12.0 Å². The fourth-order valence-corrected chi connectivity index (χ4v) is 5.41. The Bertz CT molecular complexity index is 1610. The number of fused-ring (bicyclic) bond motifs is 1. The summed E-state index contributed by atoms with van der Waals surface area (Å²) in [5.74, 6) is -0.697. The molecule has 0 saturated carbocycles. The van der Waals surface area contributed by atoms with Crippen molar-refractivity contribution in [3.05, 3.63) is 78.5 Å². The van der Waals surface area contributed by atoms with E-state index in [4.69, 9.17) is 4.74 Å². The molecule has 2 aromatic carbocycles. The predicted molar refractivity (Wildman–Crippen MR) is 170 cm³/mol. The van der Waals surface area contributed by atoms with E-state index in [0.717, 1.165) is 59.5 Å². The molecule has 218 valence electrons. The molecule has 1 fully saturated rings. The average Bonchev–Trinajstić information content (AvgIpc) is 3.37. The van der Waals surface area contributed by atoms with Crippen molar-refractivity contribution in [3.8, 4) is 22.4 Å². The van der Waals surface area contributed by atoms with Gasteiger partial charge in [0.15, 0.2) is 0 Å². The Morgan fingerprint density at radius 2 is 1.69 bits per heavy atom. The number of hydrogen-bond acceptors (Lipinski definition) is 6. The Kier molecular flexibility index (Phi) is 8.45. The van der Waals surface area contributed by atoms with Crippen molar-refractivity contribution >= 4 is 34.3 Å². The highest BCUT2D eigenvalue weighted by Crippen LogP contribution is 2.40. The predicted octanol–water partition coefficient (Wildman–Crippen LogP) is 6.43. The number of H-pyrrole nitrogens is 1. The lowest BCUT2D eigenvalue weighted by atomic mass is 9.96. The van der Waals surface area contributed by atoms with Crippen molar-refractivity contribution in [2.45, 2.75) is 46.8 Å². The number of aromatic nitrogens is 2. The van der Waals surface area contributed by atoms with Gasteiger partial charge in [0, 0.05) is 60.7 Å². The highest BCUT2D eigenvalue weighted by Gasteiger charge is 2.22. The monoisotopic (exact) mass is 565 g/mol. The number of piperazine rings is 1. The first-order valence-electron chi connectivity index (χ1n) is 14.5. The quantitative estimate of drug-likeness (QED) is 0.189. The number of ether oxygens (including phenoxy) is 1. The van der Waals surface area contributed by atoms with E-state index in [2.05, 4.69) is 69.8 Å². The van der Waals surface area contributed by atoms with Crippen molar-refractivity contribution in [1.29, 1.82) is 0 Å². The highest BCUT2D eigenvalue weighted by atomic mass is 16.5. The van der Waals surface area contributed by atoms with Crippen LogP contribution in [-0.4, -0.2) is 65.1 Å². The maximum atomic E-state index is 12.8. The molecule has 8 heteroatoms. The lowest BCUT2D eigenvalue weighted by Gasteiger charge is -2.38. The summed E-state index contributed by atoms with van der Waals surface area (Å²) >= 11 is 0. The fraction of sp³-hybridized carbons (Fsp3) is 0.324. The van der Waals surface area contributed by atoms with Crippen LogP contribution in [0.2, 0.25) is 0 Å². The summed E-state index contributed by atoms with van der Waals surface area (Å²) < 4.78 is 5.45. The molecule has 8 nitrogen and oxygen atoms in total. The largest absolute Gasteiger partial charge is 0.459 e. The van der Waals surface area contributed by atoms with Crippen LogP contribution in [0.1, 0.15) is 43.6 Å². The maximum absolute atomic E-state index is 12.8. The van der Waals surface area contributed by atoms with Gasteiger partial charge in [-0.15, -0.1) is 0 Å². The SMILES string of the molecule is C=CC(=O)Nc1cc(-c2c(-c3ccc(N4CCN(C(C)C)CC4)cc3)[nH]c3ncc(C(=O)OC(C)C)cc23)ccc1C. The lowest BCUT2D eigenvalue weighted by molar-refractivity contribution is -0.111. The second kappa shape index (κ2) is 12.2. The van der Waals surface area contributed by atoms with Crippen LogP contribution in [0.15, 0.2) is 67.4 Å². The normalized spacial score (nSPS) is 14.0. The first kappa shape index (κ1) is 29.1. The molecule has 42 heavy (non-hydrogen) atoms. The third-order valence-electron chi connectivity index (χ3n) is 7.76. The Labute approximate surface area is 247 Å². The number of carbonyl (C=O) groups is 2. The molecular weight excluding hydrogens is 526 g/mol. The summed E-state index contributed by atoms with van der Waals surface area (Å²) in [5, 5.41) is 3.70. The lowest BCUT2D eigenvalue weighted by Crippen LogP contribution is -2.48. The Morgan fingerprint density at radius 1 is 1.00 bits per heavy atom. The number of benzene rings is 2. The van der Waals surface area contributed by atoms with Crippen LogP contribution in [0.5, 0.6) is 0 Å². The third-order valence-corrected chi connectivity index (χ3v) is 7.76. The minimum Gasteiger partial charge on any atom is -0.459 e. The van der Waals surface area contributed by atoms with Gasteiger partial charge in [0.2, 0.25) is 5.91 Å². The molecule has 5 rings (SSSR count). The molecule has 0 unspecified atom stereocenters. The van der Waals surface area contributed by atoms with Gasteiger partial charge in [-0.05, 0) is 81.7 Å². The summed E-state index contributed by atoms with van der Waals surface area (Å²) in [5.41, 5.74) is 7.51. The first-order valence-corrected chi connectivity index (χ1v) is 14.5. The standard InChI is InChI=1S/C34H39N5O3/c1-7-30(40)36-29-19-25(9-8-23(29)6)31-28-18-26(34(41)42-22(4)5)20-35-33(28)37-32(31)24-10-12-27(13-11-24)39-16-14-38(15-17-39)21(2)3/h7-13,18-22H,1,14-17H2,2-6H3,(H,35,37)(H,36,40). The van der Waals surface area contributed by atoms with Gasteiger partial charge in [-0.3, -0.25) is 9.69 Å².